The largest absolute Gasteiger partial charge is 0.286 e. The average molecular weight is 178 g/mol. The van der Waals surface area contributed by atoms with E-state index in [-0.39, 0.29) is 11.4 Å². The second-order valence-electron chi connectivity index (χ2n) is 3.31. The Labute approximate surface area is 77.2 Å². The molecule has 0 fully saturated rings. The molecule has 2 N–H and O–H groups in total. The monoisotopic (exact) mass is 178 g/mol. The molecule has 0 atom stereocenters. The third kappa shape index (κ3) is 2.02. The molecular formula is C9H14N4. The predicted molar refractivity (Wildman–Crippen MR) is 50.8 cm³/mol. The van der Waals surface area contributed by atoms with Crippen LogP contribution in [0.1, 0.15) is 19.5 Å². The van der Waals surface area contributed by atoms with E-state index in [1.807, 2.05) is 20.8 Å². The number of hydrogen-bond donors (Lipinski definition) is 2. The fourth-order valence-electron chi connectivity index (χ4n) is 0.943. The summed E-state index contributed by atoms with van der Waals surface area (Å²) >= 11 is 0. The van der Waals surface area contributed by atoms with Gasteiger partial charge in [-0.15, -0.1) is 0 Å². The van der Waals surface area contributed by atoms with Crippen LogP contribution in [0.25, 0.3) is 0 Å². The van der Waals surface area contributed by atoms with Gasteiger partial charge < -0.3 is 0 Å². The molecule has 0 saturated carbocycles. The van der Waals surface area contributed by atoms with Crippen LogP contribution in [0.15, 0.2) is 12.1 Å². The van der Waals surface area contributed by atoms with Crippen molar-refractivity contribution in [2.45, 2.75) is 20.8 Å². The molecule has 1 heterocycles. The van der Waals surface area contributed by atoms with E-state index in [1.165, 1.54) is 4.68 Å². The maximum Gasteiger partial charge on any atom is 0.148 e. The lowest BCUT2D eigenvalue weighted by atomic mass is 10.2. The molecule has 13 heavy (non-hydrogen) atoms. The number of nitrogens with zero attached hydrogens (tertiary/aromatic N) is 2. The van der Waals surface area contributed by atoms with Crippen LogP contribution in [0.3, 0.4) is 0 Å². The number of aryl methyl sites for hydroxylation is 1. The summed E-state index contributed by atoms with van der Waals surface area (Å²) in [7, 11) is 0. The second-order valence-corrected chi connectivity index (χ2v) is 3.31. The van der Waals surface area contributed by atoms with E-state index in [9.17, 15) is 0 Å². The van der Waals surface area contributed by atoms with Gasteiger partial charge in [-0.2, -0.15) is 5.10 Å². The van der Waals surface area contributed by atoms with Crippen molar-refractivity contribution in [3.8, 4) is 0 Å². The maximum atomic E-state index is 7.70. The van der Waals surface area contributed by atoms with Gasteiger partial charge in [0.15, 0.2) is 0 Å². The maximum absolute atomic E-state index is 7.70. The van der Waals surface area contributed by atoms with E-state index in [0.717, 1.165) is 5.69 Å². The molecule has 0 unspecified atom stereocenters. The minimum absolute atomic E-state index is 0.0865. The Morgan fingerprint density at radius 3 is 2.62 bits per heavy atom. The minimum Gasteiger partial charge on any atom is -0.286 e. The molecule has 1 aromatic rings. The zero-order valence-corrected chi connectivity index (χ0v) is 8.13. The van der Waals surface area contributed by atoms with Crippen molar-refractivity contribution >= 4 is 5.84 Å². The van der Waals surface area contributed by atoms with Gasteiger partial charge in [0.25, 0.3) is 0 Å². The molecule has 0 aliphatic rings. The van der Waals surface area contributed by atoms with Crippen molar-refractivity contribution in [2.75, 3.05) is 0 Å². The lowest BCUT2D eigenvalue weighted by Crippen LogP contribution is -2.32. The normalized spacial score (nSPS) is 10.5. The first-order valence-corrected chi connectivity index (χ1v) is 4.22. The van der Waals surface area contributed by atoms with Crippen LogP contribution in [0, 0.1) is 23.7 Å². The smallest absolute Gasteiger partial charge is 0.148 e. The van der Waals surface area contributed by atoms with E-state index in [1.54, 1.807) is 12.1 Å². The van der Waals surface area contributed by atoms with Crippen LogP contribution < -0.4 is 5.49 Å². The molecule has 0 bridgehead atoms. The highest BCUT2D eigenvalue weighted by Crippen LogP contribution is 1.95. The van der Waals surface area contributed by atoms with Crippen LogP contribution in [0.5, 0.6) is 0 Å². The minimum atomic E-state index is 0.0865. The number of rotatable bonds is 1. The summed E-state index contributed by atoms with van der Waals surface area (Å²) in [6.45, 7) is 5.68. The molecule has 0 saturated heterocycles. The molecule has 0 aromatic carbocycles. The summed E-state index contributed by atoms with van der Waals surface area (Å²) in [5, 5.41) is 19.4. The molecule has 0 aliphatic carbocycles. The molecule has 0 spiro atoms. The third-order valence-corrected chi connectivity index (χ3v) is 1.74. The quantitative estimate of drug-likeness (QED) is 0.491. The van der Waals surface area contributed by atoms with Gasteiger partial charge in [-0.25, -0.2) is 4.68 Å². The molecule has 70 valence electrons. The Hall–Kier alpha value is -1.45. The van der Waals surface area contributed by atoms with Gasteiger partial charge in [-0.1, -0.05) is 13.8 Å². The van der Waals surface area contributed by atoms with E-state index >= 15 is 0 Å². The highest BCUT2D eigenvalue weighted by Gasteiger charge is 2.06. The molecule has 0 radical (unpaired) electrons. The van der Waals surface area contributed by atoms with Gasteiger partial charge in [-0.05, 0) is 19.1 Å². The van der Waals surface area contributed by atoms with Gasteiger partial charge in [0.2, 0.25) is 0 Å². The molecule has 1 aromatic heterocycles. The van der Waals surface area contributed by atoms with Gasteiger partial charge in [0, 0.05) is 5.92 Å². The van der Waals surface area contributed by atoms with Crippen molar-refractivity contribution in [2.24, 2.45) is 5.92 Å². The zero-order chi connectivity index (χ0) is 10.0. The van der Waals surface area contributed by atoms with Crippen molar-refractivity contribution in [1.82, 2.24) is 9.78 Å². The van der Waals surface area contributed by atoms with Crippen LogP contribution in [0.2, 0.25) is 0 Å². The fraction of sp³-hybridized carbons (Fsp3) is 0.444. The van der Waals surface area contributed by atoms with Crippen molar-refractivity contribution < 1.29 is 0 Å². The summed E-state index contributed by atoms with van der Waals surface area (Å²) in [5.74, 6) is 0.442. The first kappa shape index (κ1) is 9.64. The lowest BCUT2D eigenvalue weighted by molar-refractivity contribution is 0.719. The lowest BCUT2D eigenvalue weighted by Gasteiger charge is -2.10. The van der Waals surface area contributed by atoms with E-state index in [4.69, 9.17) is 10.8 Å². The predicted octanol–water partition coefficient (Wildman–Crippen LogP) is 1.15. The van der Waals surface area contributed by atoms with E-state index in [2.05, 4.69) is 5.10 Å². The topological polar surface area (TPSA) is 65.5 Å². The van der Waals surface area contributed by atoms with Crippen molar-refractivity contribution in [3.05, 3.63) is 23.3 Å². The van der Waals surface area contributed by atoms with Crippen LogP contribution in [-0.4, -0.2) is 15.6 Å². The molecular weight excluding hydrogens is 164 g/mol. The number of hydrogen-bond acceptors (Lipinski definition) is 3. The summed E-state index contributed by atoms with van der Waals surface area (Å²) in [6, 6.07) is 3.42. The van der Waals surface area contributed by atoms with Crippen LogP contribution in [-0.2, 0) is 0 Å². The van der Waals surface area contributed by atoms with Gasteiger partial charge in [-0.3, -0.25) is 10.8 Å². The number of aromatic nitrogens is 2. The SMILES string of the molecule is Cc1ccc(=N)n(C(=N)C(C)C)n1. The molecule has 0 aliphatic heterocycles. The highest BCUT2D eigenvalue weighted by molar-refractivity contribution is 5.82. The average Bonchev–Trinajstić information content (AvgIpc) is 2.08. The Morgan fingerprint density at radius 2 is 2.08 bits per heavy atom. The second kappa shape index (κ2) is 3.51. The summed E-state index contributed by atoms with van der Waals surface area (Å²) < 4.78 is 1.36. The van der Waals surface area contributed by atoms with Crippen molar-refractivity contribution in [1.29, 1.82) is 10.8 Å². The first-order chi connectivity index (χ1) is 6.02. The van der Waals surface area contributed by atoms with Crippen LogP contribution in [0.4, 0.5) is 0 Å². The van der Waals surface area contributed by atoms with E-state index < -0.39 is 0 Å². The Kier molecular flexibility index (Phi) is 2.60. The fourth-order valence-corrected chi connectivity index (χ4v) is 0.943. The Bertz CT molecular complexity index is 375. The van der Waals surface area contributed by atoms with Crippen LogP contribution >= 0.6 is 0 Å². The third-order valence-electron chi connectivity index (χ3n) is 1.74. The van der Waals surface area contributed by atoms with Gasteiger partial charge in [0.05, 0.1) is 5.69 Å². The summed E-state index contributed by atoms with van der Waals surface area (Å²) in [4.78, 5) is 0. The zero-order valence-electron chi connectivity index (χ0n) is 8.13. The van der Waals surface area contributed by atoms with Gasteiger partial charge >= 0.3 is 0 Å². The molecule has 4 heteroatoms. The Morgan fingerprint density at radius 1 is 1.46 bits per heavy atom. The van der Waals surface area contributed by atoms with Gasteiger partial charge in [0.1, 0.15) is 11.3 Å². The Balaban J connectivity index is 3.21. The highest BCUT2D eigenvalue weighted by atomic mass is 15.3. The van der Waals surface area contributed by atoms with E-state index in [0.29, 0.717) is 5.84 Å². The standard InChI is InChI=1S/C9H14N4/c1-6(2)9(11)13-8(10)5-4-7(3)12-13/h4-6,10-11H,1-3H3. The molecule has 1 rings (SSSR count). The molecule has 0 amide bonds. The summed E-state index contributed by atoms with van der Waals surface area (Å²) in [6.07, 6.45) is 0. The summed E-state index contributed by atoms with van der Waals surface area (Å²) in [5.41, 5.74) is 1.07. The molecule has 4 nitrogen and oxygen atoms in total. The van der Waals surface area contributed by atoms with Crippen molar-refractivity contribution in [3.63, 3.8) is 0 Å². The first-order valence-electron chi connectivity index (χ1n) is 4.22. The number of nitrogens with one attached hydrogen (secondary N) is 2.